The highest BCUT2D eigenvalue weighted by atomic mass is 16.4. The minimum atomic E-state index is -0.710. The Balaban J connectivity index is -0.000000500. The number of isocyanates is 2. The van der Waals surface area contributed by atoms with E-state index in [2.05, 4.69) is 35.4 Å². The first-order chi connectivity index (χ1) is 20.9. The maximum atomic E-state index is 11.2. The summed E-state index contributed by atoms with van der Waals surface area (Å²) in [6.07, 6.45) is 2.61. The van der Waals surface area contributed by atoms with Crippen LogP contribution in [0, 0.1) is 0 Å². The largest absolute Gasteiger partial charge is 0.425 e. The van der Waals surface area contributed by atoms with Crippen molar-refractivity contribution < 1.29 is 23.6 Å². The Hall–Kier alpha value is -6.10. The number of nitrogens with zero attached hydrogens (tertiary/aromatic N) is 12. The van der Waals surface area contributed by atoms with Gasteiger partial charge in [-0.3, -0.25) is 4.57 Å². The lowest BCUT2D eigenvalue weighted by atomic mass is 10.5. The monoisotopic (exact) mass is 640 g/mol. The summed E-state index contributed by atoms with van der Waals surface area (Å²) in [5.41, 5.74) is -2.26. The number of carbonyl (C=O) groups excluding carboxylic acids is 4. The van der Waals surface area contributed by atoms with Crippen LogP contribution in [0.15, 0.2) is 53.4 Å². The summed E-state index contributed by atoms with van der Waals surface area (Å²) >= 11 is 0. The molecule has 0 saturated carbocycles. The van der Waals surface area contributed by atoms with Gasteiger partial charge in [0.05, 0.1) is 6.01 Å². The summed E-state index contributed by atoms with van der Waals surface area (Å²) in [6, 6.07) is 1.88. The molecule has 22 nitrogen and oxygen atoms in total. The van der Waals surface area contributed by atoms with Crippen LogP contribution in [-0.4, -0.2) is 112 Å². The first-order valence-electron chi connectivity index (χ1n) is 11.9. The Morgan fingerprint density at radius 3 is 0.978 bits per heavy atom. The maximum Gasteiger partial charge on any atom is 0.425 e. The molecule has 3 rings (SSSR count). The van der Waals surface area contributed by atoms with Crippen LogP contribution in [0.2, 0.25) is 0 Å². The molecule has 248 valence electrons. The molecule has 0 aliphatic carbocycles. The first kappa shape index (κ1) is 43.4. The Bertz CT molecular complexity index is 1680. The maximum absolute atomic E-state index is 11.2. The molecule has 1 aliphatic heterocycles. The predicted molar refractivity (Wildman–Crippen MR) is 159 cm³/mol. The van der Waals surface area contributed by atoms with Crippen molar-refractivity contribution in [1.82, 2.24) is 32.6 Å². The van der Waals surface area contributed by atoms with E-state index in [0.717, 1.165) is 32.6 Å². The van der Waals surface area contributed by atoms with Gasteiger partial charge in [-0.2, -0.15) is 0 Å². The lowest BCUT2D eigenvalue weighted by molar-refractivity contribution is 0.125. The zero-order valence-electron chi connectivity index (χ0n) is 26.9. The second kappa shape index (κ2) is 22.5. The van der Waals surface area contributed by atoms with Crippen LogP contribution in [0.25, 0.3) is 0 Å². The molecule has 2 aromatic rings. The second-order valence-electron chi connectivity index (χ2n) is 7.66. The topological polar surface area (TPSA) is 260 Å². The Morgan fingerprint density at radius 2 is 0.778 bits per heavy atom. The minimum Gasteiger partial charge on any atom is -0.375 e. The van der Waals surface area contributed by atoms with Gasteiger partial charge in [0.25, 0.3) is 0 Å². The van der Waals surface area contributed by atoms with Gasteiger partial charge in [0, 0.05) is 84.6 Å². The number of carbonyl (C=O) groups is 2. The summed E-state index contributed by atoms with van der Waals surface area (Å²) in [4.78, 5) is 112. The average molecular weight is 641 g/mol. The molecule has 2 aromatic heterocycles. The van der Waals surface area contributed by atoms with E-state index in [4.69, 9.17) is 9.59 Å². The third-order valence-corrected chi connectivity index (χ3v) is 4.76. The van der Waals surface area contributed by atoms with Gasteiger partial charge < -0.3 is 4.42 Å². The summed E-state index contributed by atoms with van der Waals surface area (Å²) in [5, 5.41) is 0. The van der Waals surface area contributed by atoms with E-state index in [0.29, 0.717) is 0 Å². The van der Waals surface area contributed by atoms with E-state index >= 15 is 0 Å². The molecular formula is C23H36N12O10. The number of aliphatic imine (C=N–C) groups is 4. The van der Waals surface area contributed by atoms with E-state index in [9.17, 15) is 33.6 Å². The molecule has 0 spiro atoms. The first-order valence-corrected chi connectivity index (χ1v) is 11.9. The summed E-state index contributed by atoms with van der Waals surface area (Å²) in [6.45, 7) is 0. The summed E-state index contributed by atoms with van der Waals surface area (Å²) in [7, 11) is 17.2. The van der Waals surface area contributed by atoms with Crippen molar-refractivity contribution in [2.75, 3.05) is 49.3 Å². The standard InChI is InChI=1S/2C6H9N3O3.C4H6N2O2.C3H6N2.2C2H3NO/c1-7-4-8(2)5(10)9(3)6(11)12-4;1-7-4(10)8(2)6(12)9(3)5(7)11;1-5-3(7)6(2)4(5)8;1-4-3-5-2;2*1-3-2-4/h2*1-3H3;1-2H3;1-2H3;2*1H3. The van der Waals surface area contributed by atoms with E-state index in [1.54, 1.807) is 14.1 Å². The molecule has 1 aliphatic rings. The van der Waals surface area contributed by atoms with Crippen molar-refractivity contribution in [2.45, 2.75) is 0 Å². The molecule has 45 heavy (non-hydrogen) atoms. The Kier molecular flexibility index (Phi) is 21.7. The smallest absolute Gasteiger partial charge is 0.375 e. The average Bonchev–Trinajstić information content (AvgIpc) is 3.06. The fraction of sp³-hybridized carbons (Fsp3) is 0.522. The van der Waals surface area contributed by atoms with Gasteiger partial charge >= 0.3 is 46.3 Å². The highest BCUT2D eigenvalue weighted by Gasteiger charge is 2.36. The SMILES string of the molecule is CN1C(=O)N(C)C1=O.CN=C=NC.CN=C=O.CN=C=O.CN=c1oc(=O)n(C)c(=O)n1C.Cn1c(=O)n(C)c(=O)n(C)c1=O. The molecule has 0 atom stereocenters. The van der Waals surface area contributed by atoms with Crippen LogP contribution in [0.5, 0.6) is 0 Å². The highest BCUT2D eigenvalue weighted by molar-refractivity contribution is 6.11. The van der Waals surface area contributed by atoms with Crippen molar-refractivity contribution in [3.05, 3.63) is 58.2 Å². The van der Waals surface area contributed by atoms with Crippen molar-refractivity contribution in [2.24, 2.45) is 60.2 Å². The zero-order chi connectivity index (χ0) is 36.0. The Labute approximate surface area is 254 Å². The van der Waals surface area contributed by atoms with Gasteiger partial charge in [-0.1, -0.05) is 0 Å². The van der Waals surface area contributed by atoms with Crippen molar-refractivity contribution >= 4 is 30.2 Å². The summed E-state index contributed by atoms with van der Waals surface area (Å²) in [5.74, 6) is -0.710. The van der Waals surface area contributed by atoms with E-state index in [-0.39, 0.29) is 17.7 Å². The number of hydrogen-bond donors (Lipinski definition) is 0. The van der Waals surface area contributed by atoms with Crippen LogP contribution in [-0.2, 0) is 44.8 Å². The van der Waals surface area contributed by atoms with Gasteiger partial charge in [0.15, 0.2) is 0 Å². The molecule has 1 saturated heterocycles. The van der Waals surface area contributed by atoms with Crippen molar-refractivity contribution in [3.8, 4) is 0 Å². The highest BCUT2D eigenvalue weighted by Crippen LogP contribution is 2.08. The molecular weight excluding hydrogens is 604 g/mol. The van der Waals surface area contributed by atoms with Crippen molar-refractivity contribution in [3.63, 3.8) is 0 Å². The number of aromatic nitrogens is 5. The van der Waals surface area contributed by atoms with Gasteiger partial charge in [-0.05, 0) is 0 Å². The van der Waals surface area contributed by atoms with Crippen LogP contribution >= 0.6 is 0 Å². The molecule has 0 N–H and O–H groups in total. The zero-order valence-corrected chi connectivity index (χ0v) is 26.9. The number of rotatable bonds is 0. The number of imide groups is 2. The molecule has 0 unspecified atom stereocenters. The number of hydrogen-bond acceptors (Lipinski definition) is 15. The molecule has 1 fully saturated rings. The fourth-order valence-corrected chi connectivity index (χ4v) is 2.38. The second-order valence-corrected chi connectivity index (χ2v) is 7.66. The molecule has 0 aromatic carbocycles. The van der Waals surface area contributed by atoms with E-state index < -0.39 is 28.5 Å². The van der Waals surface area contributed by atoms with Crippen LogP contribution in [0.1, 0.15) is 0 Å². The predicted octanol–water partition coefficient (Wildman–Crippen LogP) is -3.58. The van der Waals surface area contributed by atoms with Crippen LogP contribution in [0.4, 0.5) is 9.59 Å². The third kappa shape index (κ3) is 13.6. The van der Waals surface area contributed by atoms with Gasteiger partial charge in [-0.25, -0.2) is 96.2 Å². The molecule has 22 heteroatoms. The van der Waals surface area contributed by atoms with Crippen LogP contribution < -0.4 is 34.2 Å². The van der Waals surface area contributed by atoms with Gasteiger partial charge in [0.2, 0.25) is 12.2 Å². The van der Waals surface area contributed by atoms with E-state index in [1.807, 2.05) is 0 Å². The summed E-state index contributed by atoms with van der Waals surface area (Å²) < 4.78 is 9.33. The van der Waals surface area contributed by atoms with Crippen LogP contribution in [0.3, 0.4) is 0 Å². The molecule has 0 bridgehead atoms. The lowest BCUT2D eigenvalue weighted by Crippen LogP contribution is -2.59. The van der Waals surface area contributed by atoms with Crippen molar-refractivity contribution in [1.29, 1.82) is 0 Å². The minimum absolute atomic E-state index is 0.0168. The fourth-order valence-electron chi connectivity index (χ4n) is 2.38. The van der Waals surface area contributed by atoms with Gasteiger partial charge in [-0.15, -0.1) is 0 Å². The normalized spacial score (nSPS) is 10.7. The molecule has 4 amide bonds. The molecule has 0 radical (unpaired) electrons. The molecule has 3 heterocycles. The number of amides is 4. The lowest BCUT2D eigenvalue weighted by Gasteiger charge is -2.32. The Morgan fingerprint density at radius 1 is 0.489 bits per heavy atom. The quantitative estimate of drug-likeness (QED) is 0.202. The number of urea groups is 2. The van der Waals surface area contributed by atoms with E-state index in [1.165, 1.54) is 82.6 Å². The third-order valence-electron chi connectivity index (χ3n) is 4.76. The van der Waals surface area contributed by atoms with Gasteiger partial charge in [0.1, 0.15) is 0 Å².